The lowest BCUT2D eigenvalue weighted by Gasteiger charge is -2.40. The molecule has 1 saturated heterocycles. The number of aryl methyl sites for hydroxylation is 2. The standard InChI is InChI=1S/C19H28N2O2.C11H16N2O2S.C11H14N2O.C10H13N.C9H11N/c1-14-6-7-16-15(12-14)19(13-20(16)5)8-10-21(11-9-19)17(22)23-18(2,3)4;1-12(2)16(14,15)10-4-5-11-9(8-10)6-7-13(11)3;1-8(14)12-10-3-4-11-9(7-10)5-6-13(11)2;1-8-4-3-5-9-6-7-11(2)10(8)9;1-10-6-8-4-2-3-5-9(8)7-10/h6-7,12H,8-11,13H2,1-5H3;4-5,8H,6-7H2,1-3H3;3-4,7H,5-6H2,1-2H3,(H,12,14);3-5H,6-7H2,1-2H3;2-5H,6-7H2,1H3. The van der Waals surface area contributed by atoms with Gasteiger partial charge in [-0.15, -0.1) is 0 Å². The maximum Gasteiger partial charge on any atom is 0.410 e. The summed E-state index contributed by atoms with van der Waals surface area (Å²) in [5, 5.41) is 2.79. The van der Waals surface area contributed by atoms with Crippen LogP contribution in [0.4, 0.5) is 33.2 Å². The number of nitrogens with zero attached hydrogens (tertiary/aromatic N) is 7. The lowest BCUT2D eigenvalue weighted by Crippen LogP contribution is -2.48. The molecule has 14 heteroatoms. The summed E-state index contributed by atoms with van der Waals surface area (Å²) in [6.45, 7) is 19.7. The topological polar surface area (TPSA) is 112 Å². The number of amides is 2. The predicted molar refractivity (Wildman–Crippen MR) is 305 cm³/mol. The molecule has 0 aromatic heterocycles. The number of ether oxygens (including phenoxy) is 1. The van der Waals surface area contributed by atoms with Gasteiger partial charge in [-0.1, -0.05) is 60.2 Å². The molecule has 0 unspecified atom stereocenters. The number of sulfonamides is 1. The smallest absolute Gasteiger partial charge is 0.410 e. The van der Waals surface area contributed by atoms with Crippen molar-refractivity contribution in [3.63, 3.8) is 0 Å². The SMILES string of the molecule is CC(=O)Nc1ccc2c(c1)CCN2C.CN1CCc2cc(S(=O)(=O)N(C)C)ccc21.CN1Cc2ccccc2C1.Cc1ccc2c(c1)C1(CCN(C(=O)OC(C)(C)C)CC1)CN2C.Cc1cccc2c1N(C)CC2. The van der Waals surface area contributed by atoms with Gasteiger partial charge in [0.05, 0.1) is 4.90 Å². The first-order chi connectivity index (χ1) is 34.9. The Morgan fingerprint density at radius 3 is 1.77 bits per heavy atom. The highest BCUT2D eigenvalue weighted by atomic mass is 32.2. The molecule has 6 aliphatic heterocycles. The Bertz CT molecular complexity index is 2880. The summed E-state index contributed by atoms with van der Waals surface area (Å²) in [4.78, 5) is 36.8. The number of benzene rings is 5. The first-order valence-corrected chi connectivity index (χ1v) is 27.6. The highest BCUT2D eigenvalue weighted by Gasteiger charge is 2.45. The van der Waals surface area contributed by atoms with Crippen molar-refractivity contribution in [3.05, 3.63) is 142 Å². The molecular formula is C60H82N8O5S. The minimum absolute atomic E-state index is 0.0173. The lowest BCUT2D eigenvalue weighted by atomic mass is 9.74. The third kappa shape index (κ3) is 13.2. The summed E-state index contributed by atoms with van der Waals surface area (Å²) >= 11 is 0. The van der Waals surface area contributed by atoms with Gasteiger partial charge in [0.25, 0.3) is 0 Å². The Kier molecular flexibility index (Phi) is 17.5. The number of anilines is 5. The van der Waals surface area contributed by atoms with Crippen LogP contribution >= 0.6 is 0 Å². The van der Waals surface area contributed by atoms with Gasteiger partial charge in [-0.05, 0) is 155 Å². The van der Waals surface area contributed by atoms with E-state index in [0.717, 1.165) is 88.4 Å². The third-order valence-corrected chi connectivity index (χ3v) is 16.8. The molecule has 398 valence electrons. The van der Waals surface area contributed by atoms with Crippen LogP contribution in [0.1, 0.15) is 85.0 Å². The van der Waals surface area contributed by atoms with Crippen molar-refractivity contribution in [2.45, 2.75) is 103 Å². The first kappa shape index (κ1) is 55.7. The summed E-state index contributed by atoms with van der Waals surface area (Å²) in [5.74, 6) is -0.0173. The van der Waals surface area contributed by atoms with E-state index in [2.05, 4.69) is 145 Å². The highest BCUT2D eigenvalue weighted by molar-refractivity contribution is 7.89. The summed E-state index contributed by atoms with van der Waals surface area (Å²) in [6, 6.07) is 33.4. The summed E-state index contributed by atoms with van der Waals surface area (Å²) in [7, 11) is 10.4. The number of carbonyl (C=O) groups excluding carboxylic acids is 2. The molecule has 0 bridgehead atoms. The molecule has 0 radical (unpaired) electrons. The molecule has 6 aliphatic rings. The zero-order chi connectivity index (χ0) is 53.7. The van der Waals surface area contributed by atoms with E-state index in [9.17, 15) is 18.0 Å². The van der Waals surface area contributed by atoms with Gasteiger partial charge < -0.3 is 34.6 Å². The van der Waals surface area contributed by atoms with E-state index in [-0.39, 0.29) is 17.4 Å². The maximum absolute atomic E-state index is 12.3. The zero-order valence-corrected chi connectivity index (χ0v) is 47.3. The van der Waals surface area contributed by atoms with Crippen molar-refractivity contribution in [1.82, 2.24) is 14.1 Å². The van der Waals surface area contributed by atoms with Crippen LogP contribution in [0.3, 0.4) is 0 Å². The predicted octanol–water partition coefficient (Wildman–Crippen LogP) is 9.90. The van der Waals surface area contributed by atoms with Crippen LogP contribution in [0.5, 0.6) is 0 Å². The lowest BCUT2D eigenvalue weighted by molar-refractivity contribution is -0.114. The van der Waals surface area contributed by atoms with Crippen LogP contribution in [-0.4, -0.2) is 129 Å². The van der Waals surface area contributed by atoms with E-state index < -0.39 is 15.6 Å². The second kappa shape index (κ2) is 23.2. The molecule has 5 aromatic carbocycles. The second-order valence-electron chi connectivity index (χ2n) is 22.3. The molecule has 0 aliphatic carbocycles. The fourth-order valence-corrected chi connectivity index (χ4v) is 12.0. The number of hydrogen-bond donors (Lipinski definition) is 1. The molecule has 0 atom stereocenters. The number of fused-ring (bicyclic) bond motifs is 6. The van der Waals surface area contributed by atoms with Crippen LogP contribution in [0.25, 0.3) is 0 Å². The number of carbonyl (C=O) groups is 2. The Morgan fingerprint density at radius 2 is 1.19 bits per heavy atom. The van der Waals surface area contributed by atoms with Crippen molar-refractivity contribution < 1.29 is 22.7 Å². The number of hydrogen-bond acceptors (Lipinski definition) is 10. The molecule has 2 amide bonds. The van der Waals surface area contributed by atoms with Gasteiger partial charge in [0.1, 0.15) is 5.60 Å². The van der Waals surface area contributed by atoms with Gasteiger partial charge in [-0.25, -0.2) is 17.5 Å². The van der Waals surface area contributed by atoms with Crippen molar-refractivity contribution in [3.8, 4) is 0 Å². The Balaban J connectivity index is 0.000000140. The zero-order valence-electron chi connectivity index (χ0n) is 46.5. The van der Waals surface area contributed by atoms with E-state index in [1.54, 1.807) is 26.2 Å². The summed E-state index contributed by atoms with van der Waals surface area (Å²) in [5.41, 5.74) is 17.0. The van der Waals surface area contributed by atoms with Gasteiger partial charge in [-0.2, -0.15) is 0 Å². The van der Waals surface area contributed by atoms with Crippen LogP contribution in [-0.2, 0) is 57.3 Å². The number of rotatable bonds is 3. The normalized spacial score (nSPS) is 16.8. The molecule has 11 rings (SSSR count). The quantitative estimate of drug-likeness (QED) is 0.188. The van der Waals surface area contributed by atoms with Crippen molar-refractivity contribution in [2.24, 2.45) is 0 Å². The Labute approximate surface area is 443 Å². The van der Waals surface area contributed by atoms with Crippen LogP contribution in [0.15, 0.2) is 102 Å². The maximum atomic E-state index is 12.3. The van der Waals surface area contributed by atoms with Gasteiger partial charge >= 0.3 is 6.09 Å². The number of likely N-dealkylation sites (N-methyl/N-ethyl adjacent to an activating group) is 4. The van der Waals surface area contributed by atoms with Crippen molar-refractivity contribution in [2.75, 3.05) is 114 Å². The summed E-state index contributed by atoms with van der Waals surface area (Å²) < 4.78 is 30.6. The average Bonchev–Trinajstić information content (AvgIpc) is 4.17. The highest BCUT2D eigenvalue weighted by Crippen LogP contribution is 2.47. The Morgan fingerprint density at radius 1 is 0.635 bits per heavy atom. The number of nitrogens with one attached hydrogen (secondary N) is 1. The minimum atomic E-state index is -3.30. The monoisotopic (exact) mass is 1030 g/mol. The molecular weight excluding hydrogens is 945 g/mol. The first-order valence-electron chi connectivity index (χ1n) is 26.2. The van der Waals surface area contributed by atoms with Crippen LogP contribution in [0.2, 0.25) is 0 Å². The van der Waals surface area contributed by atoms with Gasteiger partial charge in [0.15, 0.2) is 0 Å². The van der Waals surface area contributed by atoms with Gasteiger partial charge in [0.2, 0.25) is 15.9 Å². The fourth-order valence-electron chi connectivity index (χ4n) is 11.0. The fraction of sp³-hybridized carbons (Fsp3) is 0.467. The minimum Gasteiger partial charge on any atom is -0.444 e. The van der Waals surface area contributed by atoms with Crippen LogP contribution in [0, 0.1) is 13.8 Å². The van der Waals surface area contributed by atoms with E-state index in [1.165, 1.54) is 80.2 Å². The average molecular weight is 1030 g/mol. The van der Waals surface area contributed by atoms with E-state index in [0.29, 0.717) is 4.90 Å². The van der Waals surface area contributed by atoms with Crippen molar-refractivity contribution >= 4 is 50.5 Å². The number of para-hydroxylation sites is 1. The molecule has 0 saturated carbocycles. The largest absolute Gasteiger partial charge is 0.444 e. The molecule has 1 N–H and O–H groups in total. The van der Waals surface area contributed by atoms with Gasteiger partial charge in [-0.3, -0.25) is 9.69 Å². The number of likely N-dealkylation sites (tertiary alicyclic amines) is 1. The number of piperidine rings is 1. The third-order valence-electron chi connectivity index (χ3n) is 15.0. The van der Waals surface area contributed by atoms with Gasteiger partial charge in [0, 0.05) is 135 Å². The molecule has 6 heterocycles. The molecule has 5 aromatic rings. The Hall–Kier alpha value is -6.09. The van der Waals surface area contributed by atoms with E-state index >= 15 is 0 Å². The summed E-state index contributed by atoms with van der Waals surface area (Å²) in [6.07, 6.45) is 5.04. The molecule has 1 spiro atoms. The van der Waals surface area contributed by atoms with Crippen LogP contribution < -0.4 is 24.9 Å². The molecule has 74 heavy (non-hydrogen) atoms. The van der Waals surface area contributed by atoms with E-state index in [4.69, 9.17) is 4.74 Å². The van der Waals surface area contributed by atoms with Crippen molar-refractivity contribution in [1.29, 1.82) is 0 Å². The molecule has 13 nitrogen and oxygen atoms in total. The molecule has 1 fully saturated rings. The second-order valence-corrected chi connectivity index (χ2v) is 24.4. The van der Waals surface area contributed by atoms with E-state index in [1.807, 2.05) is 44.9 Å².